The minimum Gasteiger partial charge on any atom is -0.396 e. The molecule has 1 unspecified atom stereocenters. The Morgan fingerprint density at radius 2 is 2.07 bits per heavy atom. The summed E-state index contributed by atoms with van der Waals surface area (Å²) in [6.07, 6.45) is 2.35. The molecule has 0 heterocycles. The molecule has 0 saturated heterocycles. The molecule has 0 aromatic heterocycles. The van der Waals surface area contributed by atoms with E-state index in [0.717, 1.165) is 12.5 Å². The smallest absolute Gasteiger partial charge is 0.363 e. The minimum atomic E-state index is -2.40. The predicted octanol–water partition coefficient (Wildman–Crippen LogP) is 0.334. The molecule has 0 fully saturated rings. The van der Waals surface area contributed by atoms with E-state index in [2.05, 4.69) is 4.99 Å². The first-order valence-electron chi connectivity index (χ1n) is 4.54. The van der Waals surface area contributed by atoms with Crippen LogP contribution in [0.5, 0.6) is 0 Å². The molecule has 5 nitrogen and oxygen atoms in total. The van der Waals surface area contributed by atoms with Crippen LogP contribution in [0.4, 0.5) is 0 Å². The Kier molecular flexibility index (Phi) is 6.60. The van der Waals surface area contributed by atoms with Crippen molar-refractivity contribution in [2.45, 2.75) is 25.1 Å². The lowest BCUT2D eigenvalue weighted by Crippen LogP contribution is -2.50. The summed E-state index contributed by atoms with van der Waals surface area (Å²) in [4.78, 5) is 13.8. The van der Waals surface area contributed by atoms with Gasteiger partial charge in [-0.05, 0) is 25.9 Å². The van der Waals surface area contributed by atoms with Crippen LogP contribution in [-0.4, -0.2) is 41.1 Å². The maximum absolute atomic E-state index is 10.2. The second kappa shape index (κ2) is 6.86. The van der Waals surface area contributed by atoms with Gasteiger partial charge in [0, 0.05) is 14.2 Å². The van der Waals surface area contributed by atoms with E-state index < -0.39 is 8.56 Å². The van der Waals surface area contributed by atoms with Crippen LogP contribution in [0.15, 0.2) is 4.99 Å². The Balaban J connectivity index is 4.57. The number of isocyanates is 1. The van der Waals surface area contributed by atoms with Gasteiger partial charge in [-0.2, -0.15) is 0 Å². The van der Waals surface area contributed by atoms with E-state index >= 15 is 0 Å². The van der Waals surface area contributed by atoms with Crippen molar-refractivity contribution >= 4 is 14.6 Å². The van der Waals surface area contributed by atoms with Gasteiger partial charge in [0.05, 0.1) is 0 Å². The number of rotatable bonds is 7. The van der Waals surface area contributed by atoms with E-state index in [1.165, 1.54) is 6.08 Å². The van der Waals surface area contributed by atoms with Crippen molar-refractivity contribution in [1.82, 2.24) is 0 Å². The quantitative estimate of drug-likeness (QED) is 0.380. The van der Waals surface area contributed by atoms with Gasteiger partial charge in [0.25, 0.3) is 0 Å². The van der Waals surface area contributed by atoms with Gasteiger partial charge in [-0.15, -0.1) is 0 Å². The molecule has 82 valence electrons. The Bertz CT molecular complexity index is 203. The third-order valence-electron chi connectivity index (χ3n) is 2.30. The summed E-state index contributed by atoms with van der Waals surface area (Å²) in [6.45, 7) is 2.39. The minimum absolute atomic E-state index is 0.249. The lowest BCUT2D eigenvalue weighted by molar-refractivity contribution is 0.231. The molecule has 2 N–H and O–H groups in total. The van der Waals surface area contributed by atoms with Crippen LogP contribution in [0.2, 0.25) is 6.04 Å². The zero-order valence-corrected chi connectivity index (χ0v) is 9.95. The van der Waals surface area contributed by atoms with Crippen molar-refractivity contribution in [2.24, 2.45) is 10.7 Å². The highest BCUT2D eigenvalue weighted by Gasteiger charge is 2.41. The van der Waals surface area contributed by atoms with E-state index in [-0.39, 0.29) is 5.67 Å². The third-order valence-corrected chi connectivity index (χ3v) is 6.14. The van der Waals surface area contributed by atoms with Gasteiger partial charge in [-0.25, -0.2) is 9.79 Å². The fourth-order valence-corrected chi connectivity index (χ4v) is 3.98. The number of aliphatic imine (C=N–C) groups is 1. The van der Waals surface area contributed by atoms with Crippen molar-refractivity contribution in [3.8, 4) is 0 Å². The van der Waals surface area contributed by atoms with Crippen LogP contribution < -0.4 is 5.73 Å². The van der Waals surface area contributed by atoms with Crippen LogP contribution in [0.25, 0.3) is 0 Å². The van der Waals surface area contributed by atoms with Crippen molar-refractivity contribution in [3.05, 3.63) is 0 Å². The molecule has 1 atom stereocenters. The molecule has 6 heteroatoms. The fraction of sp³-hybridized carbons (Fsp3) is 0.875. The Hall–Kier alpha value is -0.523. The van der Waals surface area contributed by atoms with Crippen molar-refractivity contribution in [3.63, 3.8) is 0 Å². The topological polar surface area (TPSA) is 73.9 Å². The van der Waals surface area contributed by atoms with Crippen molar-refractivity contribution in [1.29, 1.82) is 0 Å². The van der Waals surface area contributed by atoms with E-state index in [0.29, 0.717) is 6.54 Å². The average molecular weight is 218 g/mol. The highest BCUT2D eigenvalue weighted by Crippen LogP contribution is 2.20. The lowest BCUT2D eigenvalue weighted by Gasteiger charge is -2.29. The molecule has 0 aliphatic carbocycles. The molecule has 0 rings (SSSR count). The molecule has 0 aromatic carbocycles. The van der Waals surface area contributed by atoms with Crippen LogP contribution in [0.3, 0.4) is 0 Å². The molecule has 0 aromatic rings. The summed E-state index contributed by atoms with van der Waals surface area (Å²) in [7, 11) is 0.775. The van der Waals surface area contributed by atoms with Crippen molar-refractivity contribution < 1.29 is 13.6 Å². The summed E-state index contributed by atoms with van der Waals surface area (Å²) < 4.78 is 10.8. The predicted molar refractivity (Wildman–Crippen MR) is 55.8 cm³/mol. The van der Waals surface area contributed by atoms with Gasteiger partial charge in [-0.3, -0.25) is 0 Å². The first kappa shape index (κ1) is 13.5. The average Bonchev–Trinajstić information content (AvgIpc) is 2.21. The summed E-state index contributed by atoms with van der Waals surface area (Å²) in [5.74, 6) is 0. The van der Waals surface area contributed by atoms with Crippen LogP contribution in [0, 0.1) is 0 Å². The highest BCUT2D eigenvalue weighted by molar-refractivity contribution is 6.69. The van der Waals surface area contributed by atoms with Gasteiger partial charge in [0.15, 0.2) is 0 Å². The van der Waals surface area contributed by atoms with Gasteiger partial charge < -0.3 is 14.6 Å². The molecule has 0 spiro atoms. The molecule has 0 aliphatic rings. The first-order chi connectivity index (χ1) is 6.66. The molecule has 14 heavy (non-hydrogen) atoms. The first-order valence-corrected chi connectivity index (χ1v) is 6.64. The zero-order chi connectivity index (χ0) is 11.0. The monoisotopic (exact) mass is 218 g/mol. The van der Waals surface area contributed by atoms with Crippen LogP contribution >= 0.6 is 0 Å². The third kappa shape index (κ3) is 3.32. The second-order valence-corrected chi connectivity index (χ2v) is 6.78. The number of nitrogens with two attached hydrogens (primary N) is 1. The number of nitrogens with zero attached hydrogens (tertiary/aromatic N) is 1. The summed E-state index contributed by atoms with van der Waals surface area (Å²) >= 11 is 0. The maximum atomic E-state index is 10.2. The van der Waals surface area contributed by atoms with E-state index in [9.17, 15) is 4.79 Å². The fourth-order valence-electron chi connectivity index (χ4n) is 1.36. The largest absolute Gasteiger partial charge is 0.396 e. The maximum Gasteiger partial charge on any atom is 0.363 e. The van der Waals surface area contributed by atoms with Gasteiger partial charge in [0.1, 0.15) is 5.67 Å². The van der Waals surface area contributed by atoms with E-state index in [4.69, 9.17) is 14.6 Å². The van der Waals surface area contributed by atoms with Crippen LogP contribution in [-0.2, 0) is 13.6 Å². The standard InChI is InChI=1S/C8H18N2O3Si/c1-8(10-7-11)14(12-2,13-3)6-4-5-9/h8H,4-6,9H2,1-3H3. The lowest BCUT2D eigenvalue weighted by atomic mass is 10.5. The Morgan fingerprint density at radius 3 is 2.43 bits per heavy atom. The Morgan fingerprint density at radius 1 is 1.50 bits per heavy atom. The summed E-state index contributed by atoms with van der Waals surface area (Å²) in [5, 5.41) is 0. The van der Waals surface area contributed by atoms with E-state index in [1.54, 1.807) is 21.1 Å². The summed E-state index contributed by atoms with van der Waals surface area (Å²) in [5.41, 5.74) is 5.17. The highest BCUT2D eigenvalue weighted by atomic mass is 28.4. The van der Waals surface area contributed by atoms with Gasteiger partial charge in [-0.1, -0.05) is 0 Å². The van der Waals surface area contributed by atoms with Gasteiger partial charge >= 0.3 is 8.56 Å². The van der Waals surface area contributed by atoms with Gasteiger partial charge in [0.2, 0.25) is 6.08 Å². The normalized spacial score (nSPS) is 13.4. The summed E-state index contributed by atoms with van der Waals surface area (Å²) in [6, 6.07) is 0.739. The number of carbonyl (C=O) groups excluding carboxylic acids is 1. The molecular formula is C8H18N2O3Si. The molecule has 0 saturated carbocycles. The Labute approximate surface area is 85.5 Å². The number of hydrogen-bond acceptors (Lipinski definition) is 5. The molecule has 0 bridgehead atoms. The SMILES string of the molecule is CO[Si](CCCN)(OC)C(C)N=C=O. The molecular weight excluding hydrogens is 200 g/mol. The zero-order valence-electron chi connectivity index (χ0n) is 8.95. The molecule has 0 radical (unpaired) electrons. The van der Waals surface area contributed by atoms with Crippen molar-refractivity contribution in [2.75, 3.05) is 20.8 Å². The van der Waals surface area contributed by atoms with Crippen LogP contribution in [0.1, 0.15) is 13.3 Å². The molecule has 0 amide bonds. The molecule has 0 aliphatic heterocycles. The second-order valence-electron chi connectivity index (χ2n) is 3.01. The number of hydrogen-bond donors (Lipinski definition) is 1. The van der Waals surface area contributed by atoms with E-state index in [1.807, 2.05) is 0 Å².